The Morgan fingerprint density at radius 2 is 2.00 bits per heavy atom. The van der Waals surface area contributed by atoms with Crippen LogP contribution in [-0.4, -0.2) is 23.1 Å². The number of hydrogen-bond acceptors (Lipinski definition) is 3. The van der Waals surface area contributed by atoms with Crippen molar-refractivity contribution in [3.8, 4) is 0 Å². The van der Waals surface area contributed by atoms with Crippen molar-refractivity contribution in [1.29, 1.82) is 0 Å². The first kappa shape index (κ1) is 13.1. The molecule has 0 unspecified atom stereocenters. The minimum Gasteiger partial charge on any atom is -0.478 e. The molecule has 1 aromatic heterocycles. The van der Waals surface area contributed by atoms with Gasteiger partial charge in [0.1, 0.15) is 5.56 Å². The van der Waals surface area contributed by atoms with E-state index in [-0.39, 0.29) is 5.56 Å². The number of carbonyl (C=O) groups is 1. The van der Waals surface area contributed by atoms with Gasteiger partial charge < -0.3 is 10.0 Å². The van der Waals surface area contributed by atoms with E-state index in [0.717, 1.165) is 11.3 Å². The Bertz CT molecular complexity index is 582. The van der Waals surface area contributed by atoms with Crippen molar-refractivity contribution in [2.45, 2.75) is 13.5 Å². The van der Waals surface area contributed by atoms with Crippen LogP contribution in [0.4, 0.5) is 5.69 Å². The predicted molar refractivity (Wildman–Crippen MR) is 74.5 cm³/mol. The van der Waals surface area contributed by atoms with E-state index >= 15 is 0 Å². The van der Waals surface area contributed by atoms with Gasteiger partial charge in [-0.1, -0.05) is 30.3 Å². The Kier molecular flexibility index (Phi) is 3.80. The molecule has 0 bridgehead atoms. The predicted octanol–water partition coefficient (Wildman–Crippen LogP) is 2.72. The second-order valence-electron chi connectivity index (χ2n) is 4.49. The summed E-state index contributed by atoms with van der Waals surface area (Å²) in [5, 5.41) is 9.20. The fourth-order valence-corrected chi connectivity index (χ4v) is 1.97. The van der Waals surface area contributed by atoms with Gasteiger partial charge in [0.15, 0.2) is 0 Å². The molecule has 2 aromatic rings. The van der Waals surface area contributed by atoms with Crippen molar-refractivity contribution >= 4 is 11.7 Å². The van der Waals surface area contributed by atoms with Gasteiger partial charge in [-0.05, 0) is 18.6 Å². The highest BCUT2D eigenvalue weighted by atomic mass is 16.4. The molecule has 0 radical (unpaired) electrons. The summed E-state index contributed by atoms with van der Waals surface area (Å²) in [6, 6.07) is 11.7. The second-order valence-corrected chi connectivity index (χ2v) is 4.49. The van der Waals surface area contributed by atoms with Gasteiger partial charge in [-0.25, -0.2) is 4.79 Å². The molecule has 0 atom stereocenters. The molecule has 0 aliphatic carbocycles. The van der Waals surface area contributed by atoms with Crippen molar-refractivity contribution in [3.05, 3.63) is 59.4 Å². The van der Waals surface area contributed by atoms with Gasteiger partial charge in [-0.3, -0.25) is 4.98 Å². The van der Waals surface area contributed by atoms with Crippen molar-refractivity contribution in [2.75, 3.05) is 11.9 Å². The summed E-state index contributed by atoms with van der Waals surface area (Å²) in [5.41, 5.74) is 2.85. The third-order valence-electron chi connectivity index (χ3n) is 2.92. The molecule has 1 heterocycles. The largest absolute Gasteiger partial charge is 0.478 e. The fraction of sp³-hybridized carbons (Fsp3) is 0.200. The van der Waals surface area contributed by atoms with E-state index in [2.05, 4.69) is 4.98 Å². The lowest BCUT2D eigenvalue weighted by Gasteiger charge is -2.21. The lowest BCUT2D eigenvalue weighted by Crippen LogP contribution is -2.19. The molecule has 0 amide bonds. The summed E-state index contributed by atoms with van der Waals surface area (Å²) in [6.45, 7) is 2.51. The van der Waals surface area contributed by atoms with E-state index < -0.39 is 5.97 Å². The van der Waals surface area contributed by atoms with E-state index in [9.17, 15) is 9.90 Å². The molecule has 1 N–H and O–H groups in total. The monoisotopic (exact) mass is 256 g/mol. The van der Waals surface area contributed by atoms with E-state index in [4.69, 9.17) is 0 Å². The van der Waals surface area contributed by atoms with Gasteiger partial charge in [0.05, 0.1) is 5.69 Å². The quantitative estimate of drug-likeness (QED) is 0.913. The average molecular weight is 256 g/mol. The van der Waals surface area contributed by atoms with Crippen LogP contribution in [0.2, 0.25) is 0 Å². The van der Waals surface area contributed by atoms with Gasteiger partial charge in [0.25, 0.3) is 0 Å². The molecule has 4 heteroatoms. The number of benzene rings is 1. The molecular formula is C15H16N2O2. The third-order valence-corrected chi connectivity index (χ3v) is 2.92. The summed E-state index contributed by atoms with van der Waals surface area (Å²) in [6.07, 6.45) is 1.41. The van der Waals surface area contributed by atoms with Crippen LogP contribution < -0.4 is 4.90 Å². The maximum absolute atomic E-state index is 11.2. The second kappa shape index (κ2) is 5.52. The van der Waals surface area contributed by atoms with Crippen molar-refractivity contribution in [1.82, 2.24) is 4.98 Å². The number of carboxylic acid groups (broad SMARTS) is 1. The summed E-state index contributed by atoms with van der Waals surface area (Å²) < 4.78 is 0. The van der Waals surface area contributed by atoms with Crippen LogP contribution in [0.1, 0.15) is 21.6 Å². The zero-order chi connectivity index (χ0) is 13.8. The fourth-order valence-electron chi connectivity index (χ4n) is 1.97. The summed E-state index contributed by atoms with van der Waals surface area (Å²) in [7, 11) is 1.88. The number of carboxylic acids is 1. The van der Waals surface area contributed by atoms with Crippen LogP contribution in [0.15, 0.2) is 42.6 Å². The van der Waals surface area contributed by atoms with Gasteiger partial charge in [-0.2, -0.15) is 0 Å². The summed E-state index contributed by atoms with van der Waals surface area (Å²) in [4.78, 5) is 17.2. The highest BCUT2D eigenvalue weighted by molar-refractivity contribution is 5.94. The van der Waals surface area contributed by atoms with Gasteiger partial charge in [0, 0.05) is 25.5 Å². The number of anilines is 1. The van der Waals surface area contributed by atoms with E-state index in [1.165, 1.54) is 6.20 Å². The van der Waals surface area contributed by atoms with Crippen molar-refractivity contribution in [3.63, 3.8) is 0 Å². The Hall–Kier alpha value is -2.36. The van der Waals surface area contributed by atoms with E-state index in [0.29, 0.717) is 12.2 Å². The van der Waals surface area contributed by atoms with Gasteiger partial charge >= 0.3 is 5.97 Å². The highest BCUT2D eigenvalue weighted by Gasteiger charge is 2.14. The normalized spacial score (nSPS) is 10.2. The first-order chi connectivity index (χ1) is 9.08. The Labute approximate surface area is 112 Å². The number of aryl methyl sites for hydroxylation is 1. The van der Waals surface area contributed by atoms with Crippen LogP contribution in [-0.2, 0) is 6.54 Å². The molecule has 0 spiro atoms. The van der Waals surface area contributed by atoms with Gasteiger partial charge in [0.2, 0.25) is 0 Å². The smallest absolute Gasteiger partial charge is 0.339 e. The minimum atomic E-state index is -0.956. The Morgan fingerprint density at radius 1 is 1.32 bits per heavy atom. The maximum Gasteiger partial charge on any atom is 0.339 e. The SMILES string of the molecule is Cc1cc(N(C)Cc2ccccc2)c(C(=O)O)cn1. The average Bonchev–Trinajstić information content (AvgIpc) is 2.39. The molecule has 98 valence electrons. The summed E-state index contributed by atoms with van der Waals surface area (Å²) in [5.74, 6) is -0.956. The molecule has 19 heavy (non-hydrogen) atoms. The molecule has 1 aromatic carbocycles. The molecule has 0 aliphatic rings. The molecular weight excluding hydrogens is 240 g/mol. The lowest BCUT2D eigenvalue weighted by molar-refractivity contribution is 0.0697. The van der Waals surface area contributed by atoms with Crippen molar-refractivity contribution < 1.29 is 9.90 Å². The number of aromatic carboxylic acids is 1. The van der Waals surface area contributed by atoms with E-state index in [1.807, 2.05) is 49.2 Å². The molecule has 0 fully saturated rings. The van der Waals surface area contributed by atoms with Crippen LogP contribution >= 0.6 is 0 Å². The molecule has 0 aliphatic heterocycles. The van der Waals surface area contributed by atoms with E-state index in [1.54, 1.807) is 6.07 Å². The molecule has 0 saturated carbocycles. The number of aromatic nitrogens is 1. The maximum atomic E-state index is 11.2. The van der Waals surface area contributed by atoms with Crippen molar-refractivity contribution in [2.24, 2.45) is 0 Å². The number of hydrogen-bond donors (Lipinski definition) is 1. The number of pyridine rings is 1. The topological polar surface area (TPSA) is 53.4 Å². The Balaban J connectivity index is 2.30. The first-order valence-electron chi connectivity index (χ1n) is 6.03. The third kappa shape index (κ3) is 3.10. The molecule has 4 nitrogen and oxygen atoms in total. The molecule has 2 rings (SSSR count). The number of nitrogens with zero attached hydrogens (tertiary/aromatic N) is 2. The van der Waals surface area contributed by atoms with Crippen LogP contribution in [0.3, 0.4) is 0 Å². The highest BCUT2D eigenvalue weighted by Crippen LogP contribution is 2.21. The zero-order valence-electron chi connectivity index (χ0n) is 11.0. The standard InChI is InChI=1S/C15H16N2O2/c1-11-8-14(13(9-16-11)15(18)19)17(2)10-12-6-4-3-5-7-12/h3-9H,10H2,1-2H3,(H,18,19). The van der Waals surface area contributed by atoms with Crippen LogP contribution in [0.25, 0.3) is 0 Å². The van der Waals surface area contributed by atoms with Crippen LogP contribution in [0.5, 0.6) is 0 Å². The van der Waals surface area contributed by atoms with Crippen LogP contribution in [0, 0.1) is 6.92 Å². The Morgan fingerprint density at radius 3 is 2.63 bits per heavy atom. The number of rotatable bonds is 4. The minimum absolute atomic E-state index is 0.226. The first-order valence-corrected chi connectivity index (χ1v) is 6.03. The molecule has 0 saturated heterocycles. The lowest BCUT2D eigenvalue weighted by atomic mass is 10.1. The zero-order valence-corrected chi connectivity index (χ0v) is 11.0. The van der Waals surface area contributed by atoms with Gasteiger partial charge in [-0.15, -0.1) is 0 Å². The summed E-state index contributed by atoms with van der Waals surface area (Å²) >= 11 is 0.